The van der Waals surface area contributed by atoms with E-state index in [2.05, 4.69) is 180 Å². The van der Waals surface area contributed by atoms with Crippen molar-refractivity contribution in [3.8, 4) is 51.0 Å². The molecule has 0 fully saturated rings. The molecule has 0 saturated heterocycles. The second kappa shape index (κ2) is 12.6. The van der Waals surface area contributed by atoms with Crippen LogP contribution in [0.2, 0.25) is 0 Å². The van der Waals surface area contributed by atoms with Crippen LogP contribution in [-0.4, -0.2) is 19.5 Å². The van der Waals surface area contributed by atoms with Gasteiger partial charge in [0.2, 0.25) is 0 Å². The van der Waals surface area contributed by atoms with Crippen LogP contribution in [0.5, 0.6) is 0 Å². The van der Waals surface area contributed by atoms with Crippen LogP contribution in [0.3, 0.4) is 0 Å². The predicted molar refractivity (Wildman–Crippen MR) is 228 cm³/mol. The standard InChI is InChI=1S/C51H32N4/c1-2-17-34(18-3-1)49-52-50(54-51(53-49)43-26-12-15-29-47(43)55-45-27-13-10-22-38(45)39-23-11-14-28-46(39)55)42-25-9-8-24-40(42)48-37-21-7-5-19-35(37)32-44-36-20-6-4-16-33(36)30-31-41(44)48/h1-32H. The van der Waals surface area contributed by atoms with E-state index in [-0.39, 0.29) is 0 Å². The molecule has 256 valence electrons. The zero-order chi connectivity index (χ0) is 36.3. The Balaban J connectivity index is 1.20. The maximum absolute atomic E-state index is 5.39. The van der Waals surface area contributed by atoms with Crippen molar-refractivity contribution in [3.63, 3.8) is 0 Å². The van der Waals surface area contributed by atoms with Crippen molar-refractivity contribution in [3.05, 3.63) is 194 Å². The molecule has 0 radical (unpaired) electrons. The predicted octanol–water partition coefficient (Wildman–Crippen LogP) is 13.1. The fraction of sp³-hybridized carbons (Fsp3) is 0. The number of hydrogen-bond donors (Lipinski definition) is 0. The van der Waals surface area contributed by atoms with Crippen LogP contribution in [0, 0.1) is 0 Å². The van der Waals surface area contributed by atoms with Crippen molar-refractivity contribution < 1.29 is 0 Å². The van der Waals surface area contributed by atoms with Gasteiger partial charge in [0.15, 0.2) is 17.5 Å². The third-order valence-electron chi connectivity index (χ3n) is 10.8. The van der Waals surface area contributed by atoms with E-state index in [1.54, 1.807) is 0 Å². The molecule has 0 aliphatic carbocycles. The van der Waals surface area contributed by atoms with E-state index < -0.39 is 0 Å². The van der Waals surface area contributed by atoms with Gasteiger partial charge in [-0.25, -0.2) is 15.0 Å². The molecule has 0 aliphatic heterocycles. The quantitative estimate of drug-likeness (QED) is 0.133. The first-order chi connectivity index (χ1) is 27.3. The summed E-state index contributed by atoms with van der Waals surface area (Å²) in [4.78, 5) is 15.9. The summed E-state index contributed by atoms with van der Waals surface area (Å²) < 4.78 is 2.34. The largest absolute Gasteiger partial charge is 0.309 e. The first kappa shape index (κ1) is 31.1. The van der Waals surface area contributed by atoms with Gasteiger partial charge in [0, 0.05) is 27.5 Å². The van der Waals surface area contributed by atoms with E-state index in [9.17, 15) is 0 Å². The van der Waals surface area contributed by atoms with E-state index in [4.69, 9.17) is 15.0 Å². The van der Waals surface area contributed by atoms with Gasteiger partial charge in [0.05, 0.1) is 16.7 Å². The van der Waals surface area contributed by atoms with Gasteiger partial charge in [-0.1, -0.05) is 164 Å². The highest BCUT2D eigenvalue weighted by molar-refractivity contribution is 6.21. The molecule has 0 amide bonds. The first-order valence-corrected chi connectivity index (χ1v) is 18.6. The molecule has 0 bridgehead atoms. The third-order valence-corrected chi connectivity index (χ3v) is 10.8. The van der Waals surface area contributed by atoms with E-state index in [1.165, 1.54) is 48.7 Å². The number of hydrogen-bond acceptors (Lipinski definition) is 3. The maximum atomic E-state index is 5.39. The zero-order valence-electron chi connectivity index (χ0n) is 29.8. The minimum Gasteiger partial charge on any atom is -0.309 e. The first-order valence-electron chi connectivity index (χ1n) is 18.6. The summed E-state index contributed by atoms with van der Waals surface area (Å²) >= 11 is 0. The van der Waals surface area contributed by atoms with Gasteiger partial charge < -0.3 is 4.57 Å². The van der Waals surface area contributed by atoms with Crippen molar-refractivity contribution in [1.29, 1.82) is 0 Å². The summed E-state index contributed by atoms with van der Waals surface area (Å²) in [6, 6.07) is 68.6. The number of rotatable bonds is 5. The smallest absolute Gasteiger partial charge is 0.166 e. The lowest BCUT2D eigenvalue weighted by atomic mass is 9.88. The molecule has 11 aromatic rings. The Bertz CT molecular complexity index is 3220. The summed E-state index contributed by atoms with van der Waals surface area (Å²) in [5.74, 6) is 1.87. The lowest BCUT2D eigenvalue weighted by Gasteiger charge is -2.18. The molecule has 0 saturated carbocycles. The summed E-state index contributed by atoms with van der Waals surface area (Å²) in [5, 5.41) is 9.67. The Labute approximate surface area is 317 Å². The summed E-state index contributed by atoms with van der Waals surface area (Å²) in [6.07, 6.45) is 0. The highest BCUT2D eigenvalue weighted by Gasteiger charge is 2.21. The van der Waals surface area contributed by atoms with E-state index in [1.807, 2.05) is 18.2 Å². The van der Waals surface area contributed by atoms with Gasteiger partial charge in [0.25, 0.3) is 0 Å². The number of benzene rings is 9. The number of aromatic nitrogens is 4. The molecule has 55 heavy (non-hydrogen) atoms. The van der Waals surface area contributed by atoms with Crippen LogP contribution >= 0.6 is 0 Å². The Morgan fingerprint density at radius 1 is 0.309 bits per heavy atom. The van der Waals surface area contributed by atoms with Crippen molar-refractivity contribution in [2.75, 3.05) is 0 Å². The monoisotopic (exact) mass is 700 g/mol. The van der Waals surface area contributed by atoms with Crippen LogP contribution in [-0.2, 0) is 0 Å². The normalized spacial score (nSPS) is 11.6. The van der Waals surface area contributed by atoms with Crippen molar-refractivity contribution >= 4 is 54.1 Å². The van der Waals surface area contributed by atoms with Gasteiger partial charge in [-0.3, -0.25) is 0 Å². The second-order valence-corrected chi connectivity index (χ2v) is 14.0. The minimum absolute atomic E-state index is 0.616. The molecule has 0 atom stereocenters. The van der Waals surface area contributed by atoms with E-state index in [0.29, 0.717) is 17.5 Å². The summed E-state index contributed by atoms with van der Waals surface area (Å²) in [5.41, 5.74) is 8.33. The molecular formula is C51H32N4. The van der Waals surface area contributed by atoms with Crippen molar-refractivity contribution in [2.45, 2.75) is 0 Å². The molecule has 0 N–H and O–H groups in total. The molecule has 0 unspecified atom stereocenters. The Morgan fingerprint density at radius 3 is 1.58 bits per heavy atom. The second-order valence-electron chi connectivity index (χ2n) is 14.0. The highest BCUT2D eigenvalue weighted by Crippen LogP contribution is 2.43. The van der Waals surface area contributed by atoms with Crippen molar-refractivity contribution in [2.24, 2.45) is 0 Å². The summed E-state index contributed by atoms with van der Waals surface area (Å²) in [7, 11) is 0. The van der Waals surface area contributed by atoms with E-state index >= 15 is 0 Å². The highest BCUT2D eigenvalue weighted by atomic mass is 15.1. The average molecular weight is 701 g/mol. The van der Waals surface area contributed by atoms with Crippen LogP contribution in [0.1, 0.15) is 0 Å². The summed E-state index contributed by atoms with van der Waals surface area (Å²) in [6.45, 7) is 0. The molecule has 11 rings (SSSR count). The van der Waals surface area contributed by atoms with Crippen LogP contribution in [0.25, 0.3) is 105 Å². The van der Waals surface area contributed by atoms with E-state index in [0.717, 1.165) is 39.0 Å². The third kappa shape index (κ3) is 5.03. The SMILES string of the molecule is c1ccc(-c2nc(-c3ccccc3-c3c4ccccc4cc4c3ccc3ccccc34)nc(-c3ccccc3-n3c4ccccc4c4ccccc43)n2)cc1. The molecule has 4 heteroatoms. The van der Waals surface area contributed by atoms with Crippen molar-refractivity contribution in [1.82, 2.24) is 19.5 Å². The number of nitrogens with zero attached hydrogens (tertiary/aromatic N) is 4. The molecular weight excluding hydrogens is 669 g/mol. The van der Waals surface area contributed by atoms with Crippen LogP contribution in [0.15, 0.2) is 194 Å². The lowest BCUT2D eigenvalue weighted by Crippen LogP contribution is -2.04. The van der Waals surface area contributed by atoms with Gasteiger partial charge in [-0.15, -0.1) is 0 Å². The Morgan fingerprint density at radius 2 is 0.836 bits per heavy atom. The fourth-order valence-electron chi connectivity index (χ4n) is 8.38. The molecule has 9 aromatic carbocycles. The fourth-order valence-corrected chi connectivity index (χ4v) is 8.38. The average Bonchev–Trinajstić information content (AvgIpc) is 3.60. The maximum Gasteiger partial charge on any atom is 0.166 e. The van der Waals surface area contributed by atoms with Gasteiger partial charge in [0.1, 0.15) is 0 Å². The minimum atomic E-state index is 0.616. The molecule has 0 spiro atoms. The zero-order valence-corrected chi connectivity index (χ0v) is 29.8. The van der Waals surface area contributed by atoms with Gasteiger partial charge in [-0.05, 0) is 73.8 Å². The van der Waals surface area contributed by atoms with Gasteiger partial charge >= 0.3 is 0 Å². The van der Waals surface area contributed by atoms with Crippen LogP contribution < -0.4 is 0 Å². The Kier molecular flexibility index (Phi) is 7.14. The number of fused-ring (bicyclic) bond motifs is 7. The molecule has 2 heterocycles. The molecule has 4 nitrogen and oxygen atoms in total. The molecule has 0 aliphatic rings. The topological polar surface area (TPSA) is 43.6 Å². The lowest BCUT2D eigenvalue weighted by molar-refractivity contribution is 1.06. The Hall–Kier alpha value is -7.43. The van der Waals surface area contributed by atoms with Gasteiger partial charge in [-0.2, -0.15) is 0 Å². The number of para-hydroxylation sites is 3. The van der Waals surface area contributed by atoms with Crippen LogP contribution in [0.4, 0.5) is 0 Å². The molecule has 2 aromatic heterocycles.